The van der Waals surface area contributed by atoms with Crippen molar-refractivity contribution < 1.29 is 0 Å². The lowest BCUT2D eigenvalue weighted by molar-refractivity contribution is 0.223. The summed E-state index contributed by atoms with van der Waals surface area (Å²) in [4.78, 5) is 14.8. The second-order valence-corrected chi connectivity index (χ2v) is 5.25. The largest absolute Gasteiger partial charge is 0.357 e. The van der Waals surface area contributed by atoms with Gasteiger partial charge in [0.1, 0.15) is 0 Å². The Hall–Kier alpha value is -1.14. The standard InChI is InChI=1S/C12H21ClN6/c1-9(8-19-6-4-3-5-7-19)15-12-17-10(13)16-11(14-2)18-12/h9H,3-8H2,1-2H3,(H2,14,15,16,17,18). The smallest absolute Gasteiger partial charge is 0.229 e. The summed E-state index contributed by atoms with van der Waals surface area (Å²) < 4.78 is 0. The zero-order chi connectivity index (χ0) is 13.7. The van der Waals surface area contributed by atoms with E-state index in [2.05, 4.69) is 37.4 Å². The third-order valence-electron chi connectivity index (χ3n) is 3.19. The molecule has 1 saturated heterocycles. The average molecular weight is 285 g/mol. The van der Waals surface area contributed by atoms with E-state index in [9.17, 15) is 0 Å². The van der Waals surface area contributed by atoms with Crippen molar-refractivity contribution in [2.75, 3.05) is 37.3 Å². The maximum Gasteiger partial charge on any atom is 0.229 e. The van der Waals surface area contributed by atoms with Crippen molar-refractivity contribution in [1.82, 2.24) is 19.9 Å². The van der Waals surface area contributed by atoms with Crippen molar-refractivity contribution in [2.24, 2.45) is 0 Å². The summed E-state index contributed by atoms with van der Waals surface area (Å²) in [6.07, 6.45) is 3.95. The Kier molecular flexibility index (Phi) is 5.15. The van der Waals surface area contributed by atoms with Gasteiger partial charge in [-0.1, -0.05) is 6.42 Å². The van der Waals surface area contributed by atoms with Gasteiger partial charge in [-0.25, -0.2) is 0 Å². The summed E-state index contributed by atoms with van der Waals surface area (Å²) in [5.74, 6) is 1.00. The molecule has 0 spiro atoms. The molecule has 1 aliphatic heterocycles. The molecule has 1 aliphatic rings. The predicted octanol–water partition coefficient (Wildman–Crippen LogP) is 1.85. The minimum atomic E-state index is 0.201. The van der Waals surface area contributed by atoms with E-state index in [1.165, 1.54) is 32.4 Å². The molecule has 2 rings (SSSR count). The third kappa shape index (κ3) is 4.47. The maximum absolute atomic E-state index is 5.85. The minimum Gasteiger partial charge on any atom is -0.357 e. The molecule has 2 N–H and O–H groups in total. The molecule has 1 aromatic heterocycles. The molecule has 2 heterocycles. The molecule has 1 aromatic rings. The SMILES string of the molecule is CNc1nc(Cl)nc(NC(C)CN2CCCCC2)n1. The lowest BCUT2D eigenvalue weighted by atomic mass is 10.1. The first-order valence-electron chi connectivity index (χ1n) is 6.75. The molecule has 7 heteroatoms. The van der Waals surface area contributed by atoms with Gasteiger partial charge in [-0.2, -0.15) is 15.0 Å². The van der Waals surface area contributed by atoms with Gasteiger partial charge in [-0.05, 0) is 44.5 Å². The zero-order valence-corrected chi connectivity index (χ0v) is 12.2. The van der Waals surface area contributed by atoms with Gasteiger partial charge < -0.3 is 15.5 Å². The van der Waals surface area contributed by atoms with Crippen molar-refractivity contribution in [3.8, 4) is 0 Å². The minimum absolute atomic E-state index is 0.201. The summed E-state index contributed by atoms with van der Waals surface area (Å²) in [7, 11) is 1.76. The number of likely N-dealkylation sites (tertiary alicyclic amines) is 1. The summed E-state index contributed by atoms with van der Waals surface area (Å²) in [6, 6.07) is 0.279. The molecule has 0 saturated carbocycles. The Morgan fingerprint density at radius 2 is 1.84 bits per heavy atom. The van der Waals surface area contributed by atoms with Crippen molar-refractivity contribution in [1.29, 1.82) is 0 Å². The quantitative estimate of drug-likeness (QED) is 0.860. The Bertz CT molecular complexity index is 407. The number of aromatic nitrogens is 3. The molecule has 0 aliphatic carbocycles. The van der Waals surface area contributed by atoms with Crippen LogP contribution in [0.4, 0.5) is 11.9 Å². The van der Waals surface area contributed by atoms with Gasteiger partial charge in [0.15, 0.2) is 0 Å². The molecule has 1 unspecified atom stereocenters. The fourth-order valence-electron chi connectivity index (χ4n) is 2.32. The topological polar surface area (TPSA) is 66.0 Å². The van der Waals surface area contributed by atoms with Crippen molar-refractivity contribution in [3.05, 3.63) is 5.28 Å². The van der Waals surface area contributed by atoms with Crippen LogP contribution < -0.4 is 10.6 Å². The lowest BCUT2D eigenvalue weighted by Crippen LogP contribution is -2.38. The molecule has 6 nitrogen and oxygen atoms in total. The Balaban J connectivity index is 1.90. The van der Waals surface area contributed by atoms with Gasteiger partial charge in [0.05, 0.1) is 0 Å². The van der Waals surface area contributed by atoms with Gasteiger partial charge in [0.2, 0.25) is 17.2 Å². The van der Waals surface area contributed by atoms with Crippen LogP contribution in [0.15, 0.2) is 0 Å². The normalized spacial score (nSPS) is 18.1. The van der Waals surface area contributed by atoms with E-state index in [0.717, 1.165) is 6.54 Å². The van der Waals surface area contributed by atoms with Gasteiger partial charge in [-0.15, -0.1) is 0 Å². The zero-order valence-electron chi connectivity index (χ0n) is 11.5. The Morgan fingerprint density at radius 1 is 1.16 bits per heavy atom. The summed E-state index contributed by atoms with van der Waals surface area (Å²) in [5, 5.41) is 6.34. The first kappa shape index (κ1) is 14.3. The number of hydrogen-bond donors (Lipinski definition) is 2. The van der Waals surface area contributed by atoms with E-state index in [1.807, 2.05) is 0 Å². The van der Waals surface area contributed by atoms with Crippen LogP contribution in [0.5, 0.6) is 0 Å². The van der Waals surface area contributed by atoms with E-state index in [0.29, 0.717) is 11.9 Å². The number of nitrogens with one attached hydrogen (secondary N) is 2. The van der Waals surface area contributed by atoms with Crippen molar-refractivity contribution in [2.45, 2.75) is 32.2 Å². The molecule has 1 atom stereocenters. The molecule has 0 bridgehead atoms. The highest BCUT2D eigenvalue weighted by Crippen LogP contribution is 2.12. The van der Waals surface area contributed by atoms with E-state index >= 15 is 0 Å². The van der Waals surface area contributed by atoms with Crippen LogP contribution in [0.1, 0.15) is 26.2 Å². The van der Waals surface area contributed by atoms with Crippen LogP contribution in [0, 0.1) is 0 Å². The van der Waals surface area contributed by atoms with E-state index in [1.54, 1.807) is 7.05 Å². The number of hydrogen-bond acceptors (Lipinski definition) is 6. The van der Waals surface area contributed by atoms with Gasteiger partial charge in [-0.3, -0.25) is 0 Å². The van der Waals surface area contributed by atoms with Crippen LogP contribution in [0.25, 0.3) is 0 Å². The van der Waals surface area contributed by atoms with E-state index in [-0.39, 0.29) is 11.3 Å². The maximum atomic E-state index is 5.85. The molecule has 19 heavy (non-hydrogen) atoms. The molecule has 0 radical (unpaired) electrons. The van der Waals surface area contributed by atoms with Crippen molar-refractivity contribution in [3.63, 3.8) is 0 Å². The summed E-state index contributed by atoms with van der Waals surface area (Å²) >= 11 is 5.85. The van der Waals surface area contributed by atoms with E-state index in [4.69, 9.17) is 11.6 Å². The molecule has 1 fully saturated rings. The number of nitrogens with zero attached hydrogens (tertiary/aromatic N) is 4. The average Bonchev–Trinajstić information content (AvgIpc) is 2.38. The Morgan fingerprint density at radius 3 is 2.53 bits per heavy atom. The second kappa shape index (κ2) is 6.86. The molecular weight excluding hydrogens is 264 g/mol. The molecule has 0 aromatic carbocycles. The van der Waals surface area contributed by atoms with E-state index < -0.39 is 0 Å². The summed E-state index contributed by atoms with van der Waals surface area (Å²) in [6.45, 7) is 5.50. The lowest BCUT2D eigenvalue weighted by Gasteiger charge is -2.29. The number of rotatable bonds is 5. The first-order chi connectivity index (χ1) is 9.17. The predicted molar refractivity (Wildman–Crippen MR) is 77.8 cm³/mol. The number of halogens is 1. The van der Waals surface area contributed by atoms with Crippen LogP contribution >= 0.6 is 11.6 Å². The first-order valence-corrected chi connectivity index (χ1v) is 7.13. The second-order valence-electron chi connectivity index (χ2n) is 4.91. The molecular formula is C12H21ClN6. The number of piperidine rings is 1. The van der Waals surface area contributed by atoms with Gasteiger partial charge in [0.25, 0.3) is 0 Å². The fraction of sp³-hybridized carbons (Fsp3) is 0.750. The highest BCUT2D eigenvalue weighted by Gasteiger charge is 2.14. The monoisotopic (exact) mass is 284 g/mol. The van der Waals surface area contributed by atoms with Crippen LogP contribution in [-0.2, 0) is 0 Å². The molecule has 0 amide bonds. The number of anilines is 2. The highest BCUT2D eigenvalue weighted by molar-refractivity contribution is 6.28. The third-order valence-corrected chi connectivity index (χ3v) is 3.36. The molecule has 106 valence electrons. The van der Waals surface area contributed by atoms with Crippen LogP contribution in [0.3, 0.4) is 0 Å². The van der Waals surface area contributed by atoms with Crippen LogP contribution in [-0.4, -0.2) is 52.6 Å². The summed E-state index contributed by atoms with van der Waals surface area (Å²) in [5.41, 5.74) is 0. The van der Waals surface area contributed by atoms with Crippen molar-refractivity contribution >= 4 is 23.5 Å². The Labute approximate surface area is 119 Å². The van der Waals surface area contributed by atoms with Crippen LogP contribution in [0.2, 0.25) is 5.28 Å². The van der Waals surface area contributed by atoms with Gasteiger partial charge >= 0.3 is 0 Å². The highest BCUT2D eigenvalue weighted by atomic mass is 35.5. The van der Waals surface area contributed by atoms with Gasteiger partial charge in [0, 0.05) is 19.6 Å². The fourth-order valence-corrected chi connectivity index (χ4v) is 2.48.